The summed E-state index contributed by atoms with van der Waals surface area (Å²) in [6, 6.07) is 2.69. The lowest BCUT2D eigenvalue weighted by atomic mass is 10.3. The maximum absolute atomic E-state index is 5.76. The molecule has 3 rings (SSSR count). The van der Waals surface area contributed by atoms with E-state index in [0.29, 0.717) is 11.9 Å². The van der Waals surface area contributed by atoms with Crippen LogP contribution in [0.3, 0.4) is 0 Å². The van der Waals surface area contributed by atoms with Gasteiger partial charge in [-0.2, -0.15) is 10.2 Å². The van der Waals surface area contributed by atoms with Crippen LogP contribution in [0.25, 0.3) is 0 Å². The molecule has 18 heavy (non-hydrogen) atoms. The number of nitrogens with zero attached hydrogens (tertiary/aromatic N) is 4. The predicted molar refractivity (Wildman–Crippen MR) is 70.6 cm³/mol. The van der Waals surface area contributed by atoms with E-state index in [-0.39, 0.29) is 0 Å². The summed E-state index contributed by atoms with van der Waals surface area (Å²) in [6.07, 6.45) is 11.1. The summed E-state index contributed by atoms with van der Waals surface area (Å²) in [5, 5.41) is 8.92. The highest BCUT2D eigenvalue weighted by atomic mass is 35.5. The van der Waals surface area contributed by atoms with Gasteiger partial charge >= 0.3 is 0 Å². The second kappa shape index (κ2) is 5.14. The minimum absolute atomic E-state index is 0.510. The van der Waals surface area contributed by atoms with Gasteiger partial charge in [-0.25, -0.2) is 0 Å². The van der Waals surface area contributed by atoms with Crippen molar-refractivity contribution in [2.75, 3.05) is 0 Å². The van der Waals surface area contributed by atoms with Crippen LogP contribution >= 0.6 is 11.6 Å². The highest BCUT2D eigenvalue weighted by Crippen LogP contribution is 2.28. The van der Waals surface area contributed by atoms with Crippen LogP contribution in [0, 0.1) is 0 Å². The maximum Gasteiger partial charge on any atom is 0.0849 e. The van der Waals surface area contributed by atoms with Crippen molar-refractivity contribution in [3.63, 3.8) is 0 Å². The number of hydrogen-bond acceptors (Lipinski definition) is 2. The standard InChI is InChI=1S/C13H17ClN4/c14-7-11-8-15-17(9-11)10-12-5-6-18(16-12)13-3-1-2-4-13/h5-6,8-9,13H,1-4,7,10H2. The van der Waals surface area contributed by atoms with Gasteiger partial charge in [0.2, 0.25) is 0 Å². The minimum Gasteiger partial charge on any atom is -0.269 e. The van der Waals surface area contributed by atoms with Crippen LogP contribution < -0.4 is 0 Å². The van der Waals surface area contributed by atoms with E-state index in [1.54, 1.807) is 6.20 Å². The van der Waals surface area contributed by atoms with Crippen molar-refractivity contribution in [2.45, 2.75) is 44.1 Å². The Labute approximate surface area is 112 Å². The zero-order valence-corrected chi connectivity index (χ0v) is 11.1. The molecular weight excluding hydrogens is 248 g/mol. The maximum atomic E-state index is 5.76. The lowest BCUT2D eigenvalue weighted by Gasteiger charge is -2.08. The Morgan fingerprint density at radius 1 is 1.33 bits per heavy atom. The molecule has 0 bridgehead atoms. The molecule has 0 aliphatic heterocycles. The average Bonchev–Trinajstić information content (AvgIpc) is 3.10. The van der Waals surface area contributed by atoms with Gasteiger partial charge in [-0.15, -0.1) is 11.6 Å². The van der Waals surface area contributed by atoms with E-state index in [9.17, 15) is 0 Å². The van der Waals surface area contributed by atoms with Gasteiger partial charge in [0.15, 0.2) is 0 Å². The Morgan fingerprint density at radius 2 is 2.17 bits per heavy atom. The topological polar surface area (TPSA) is 35.6 Å². The molecule has 5 heteroatoms. The van der Waals surface area contributed by atoms with Gasteiger partial charge in [0.25, 0.3) is 0 Å². The summed E-state index contributed by atoms with van der Waals surface area (Å²) in [5.74, 6) is 0.510. The first-order chi connectivity index (χ1) is 8.85. The molecule has 2 heterocycles. The molecule has 0 unspecified atom stereocenters. The highest BCUT2D eigenvalue weighted by molar-refractivity contribution is 6.17. The van der Waals surface area contributed by atoms with Crippen molar-refractivity contribution >= 4 is 11.6 Å². The Morgan fingerprint density at radius 3 is 2.89 bits per heavy atom. The molecule has 0 spiro atoms. The summed E-state index contributed by atoms with van der Waals surface area (Å²) in [6.45, 7) is 0.719. The second-order valence-corrected chi connectivity index (χ2v) is 5.17. The van der Waals surface area contributed by atoms with E-state index >= 15 is 0 Å². The van der Waals surface area contributed by atoms with E-state index in [4.69, 9.17) is 11.6 Å². The monoisotopic (exact) mass is 264 g/mol. The first-order valence-corrected chi connectivity index (χ1v) is 7.00. The average molecular weight is 265 g/mol. The molecule has 1 aliphatic carbocycles. The SMILES string of the molecule is ClCc1cnn(Cc2ccn(C3CCCC3)n2)c1. The van der Waals surface area contributed by atoms with E-state index in [1.807, 2.05) is 10.9 Å². The fourth-order valence-electron chi connectivity index (χ4n) is 2.56. The molecule has 0 atom stereocenters. The van der Waals surface area contributed by atoms with Gasteiger partial charge in [0.1, 0.15) is 0 Å². The molecule has 0 radical (unpaired) electrons. The normalized spacial score (nSPS) is 16.5. The molecule has 2 aromatic heterocycles. The molecule has 0 aromatic carbocycles. The van der Waals surface area contributed by atoms with E-state index < -0.39 is 0 Å². The molecule has 96 valence electrons. The van der Waals surface area contributed by atoms with Crippen molar-refractivity contribution in [1.82, 2.24) is 19.6 Å². The predicted octanol–water partition coefficient (Wildman–Crippen LogP) is 2.98. The third-order valence-electron chi connectivity index (χ3n) is 3.53. The van der Waals surface area contributed by atoms with Gasteiger partial charge < -0.3 is 0 Å². The summed E-state index contributed by atoms with van der Waals surface area (Å²) in [4.78, 5) is 0. The third-order valence-corrected chi connectivity index (χ3v) is 3.84. The number of hydrogen-bond donors (Lipinski definition) is 0. The minimum atomic E-state index is 0.510. The van der Waals surface area contributed by atoms with Crippen LogP contribution in [0.5, 0.6) is 0 Å². The molecule has 0 saturated heterocycles. The molecular formula is C13H17ClN4. The van der Waals surface area contributed by atoms with Gasteiger partial charge in [0, 0.05) is 18.0 Å². The second-order valence-electron chi connectivity index (χ2n) is 4.91. The summed E-state index contributed by atoms with van der Waals surface area (Å²) in [7, 11) is 0. The smallest absolute Gasteiger partial charge is 0.0849 e. The molecule has 2 aromatic rings. The molecule has 4 nitrogen and oxygen atoms in total. The Kier molecular flexibility index (Phi) is 3.37. The fourth-order valence-corrected chi connectivity index (χ4v) is 2.70. The van der Waals surface area contributed by atoms with Crippen LogP contribution in [0.4, 0.5) is 0 Å². The van der Waals surface area contributed by atoms with Crippen LogP contribution in [-0.4, -0.2) is 19.6 Å². The Bertz CT molecular complexity index is 511. The fraction of sp³-hybridized carbons (Fsp3) is 0.538. The summed E-state index contributed by atoms with van der Waals surface area (Å²) in [5.41, 5.74) is 2.11. The molecule has 1 saturated carbocycles. The van der Waals surface area contributed by atoms with E-state index in [1.165, 1.54) is 25.7 Å². The van der Waals surface area contributed by atoms with E-state index in [2.05, 4.69) is 27.1 Å². The van der Waals surface area contributed by atoms with Gasteiger partial charge in [-0.3, -0.25) is 9.36 Å². The van der Waals surface area contributed by atoms with Gasteiger partial charge in [-0.05, 0) is 18.9 Å². The van der Waals surface area contributed by atoms with Crippen molar-refractivity contribution in [3.8, 4) is 0 Å². The van der Waals surface area contributed by atoms with Crippen LogP contribution in [0.2, 0.25) is 0 Å². The number of aromatic nitrogens is 4. The first kappa shape index (κ1) is 11.8. The van der Waals surface area contributed by atoms with Crippen molar-refractivity contribution in [2.24, 2.45) is 0 Å². The zero-order valence-electron chi connectivity index (χ0n) is 10.3. The van der Waals surface area contributed by atoms with Crippen molar-refractivity contribution < 1.29 is 0 Å². The lowest BCUT2D eigenvalue weighted by Crippen LogP contribution is -2.07. The molecule has 0 amide bonds. The number of halogens is 1. The van der Waals surface area contributed by atoms with E-state index in [0.717, 1.165) is 17.8 Å². The molecule has 1 fully saturated rings. The molecule has 1 aliphatic rings. The number of rotatable bonds is 4. The quantitative estimate of drug-likeness (QED) is 0.796. The highest BCUT2D eigenvalue weighted by Gasteiger charge is 2.17. The summed E-state index contributed by atoms with van der Waals surface area (Å²) < 4.78 is 4.01. The first-order valence-electron chi connectivity index (χ1n) is 6.46. The Balaban J connectivity index is 1.69. The summed E-state index contributed by atoms with van der Waals surface area (Å²) >= 11 is 5.76. The van der Waals surface area contributed by atoms with Crippen LogP contribution in [0.15, 0.2) is 24.7 Å². The van der Waals surface area contributed by atoms with Gasteiger partial charge in [-0.1, -0.05) is 12.8 Å². The third kappa shape index (κ3) is 2.43. The van der Waals surface area contributed by atoms with Gasteiger partial charge in [0.05, 0.1) is 30.4 Å². The Hall–Kier alpha value is -1.29. The molecule has 0 N–H and O–H groups in total. The number of alkyl halides is 1. The largest absolute Gasteiger partial charge is 0.269 e. The van der Waals surface area contributed by atoms with Crippen LogP contribution in [-0.2, 0) is 12.4 Å². The van der Waals surface area contributed by atoms with Crippen LogP contribution in [0.1, 0.15) is 43.0 Å². The van der Waals surface area contributed by atoms with Crippen molar-refractivity contribution in [1.29, 1.82) is 0 Å². The zero-order chi connectivity index (χ0) is 12.4. The van der Waals surface area contributed by atoms with Crippen molar-refractivity contribution in [3.05, 3.63) is 35.9 Å². The lowest BCUT2D eigenvalue weighted by molar-refractivity contribution is 0.460.